The SMILES string of the molecule is CCCC(C)c1c[nH]c2ncncc12. The van der Waals surface area contributed by atoms with Gasteiger partial charge in [-0.25, -0.2) is 9.97 Å². The van der Waals surface area contributed by atoms with Crippen LogP contribution >= 0.6 is 0 Å². The lowest BCUT2D eigenvalue weighted by molar-refractivity contribution is 0.669. The maximum atomic E-state index is 4.18. The second kappa shape index (κ2) is 3.78. The van der Waals surface area contributed by atoms with E-state index in [1.165, 1.54) is 18.4 Å². The molecule has 3 heteroatoms. The molecule has 0 amide bonds. The molecule has 0 fully saturated rings. The molecule has 74 valence electrons. The third-order valence-corrected chi connectivity index (χ3v) is 2.64. The van der Waals surface area contributed by atoms with Crippen molar-refractivity contribution in [1.29, 1.82) is 0 Å². The Hall–Kier alpha value is -1.38. The van der Waals surface area contributed by atoms with E-state index in [2.05, 4.69) is 35.0 Å². The predicted molar refractivity (Wildman–Crippen MR) is 57.2 cm³/mol. The lowest BCUT2D eigenvalue weighted by atomic mass is 9.97. The summed E-state index contributed by atoms with van der Waals surface area (Å²) in [4.78, 5) is 11.4. The van der Waals surface area contributed by atoms with Crippen molar-refractivity contribution in [2.24, 2.45) is 0 Å². The summed E-state index contributed by atoms with van der Waals surface area (Å²) in [7, 11) is 0. The highest BCUT2D eigenvalue weighted by molar-refractivity contribution is 5.79. The Balaban J connectivity index is 2.42. The maximum Gasteiger partial charge on any atom is 0.140 e. The first-order valence-electron chi connectivity index (χ1n) is 5.10. The number of rotatable bonds is 3. The lowest BCUT2D eigenvalue weighted by Gasteiger charge is -2.07. The fraction of sp³-hybridized carbons (Fsp3) is 0.455. The molecule has 0 aliphatic carbocycles. The Bertz CT molecular complexity index is 419. The first-order valence-corrected chi connectivity index (χ1v) is 5.10. The third-order valence-electron chi connectivity index (χ3n) is 2.64. The van der Waals surface area contributed by atoms with E-state index in [9.17, 15) is 0 Å². The molecule has 1 unspecified atom stereocenters. The molecule has 2 aromatic rings. The molecule has 2 aromatic heterocycles. The van der Waals surface area contributed by atoms with Gasteiger partial charge in [0.2, 0.25) is 0 Å². The summed E-state index contributed by atoms with van der Waals surface area (Å²) in [5.41, 5.74) is 2.28. The fourth-order valence-corrected chi connectivity index (χ4v) is 1.88. The van der Waals surface area contributed by atoms with Crippen LogP contribution in [0.15, 0.2) is 18.7 Å². The summed E-state index contributed by atoms with van der Waals surface area (Å²) in [6.45, 7) is 4.46. The van der Waals surface area contributed by atoms with E-state index in [1.807, 2.05) is 6.20 Å². The molecule has 0 saturated heterocycles. The summed E-state index contributed by atoms with van der Waals surface area (Å²) in [5, 5.41) is 1.16. The van der Waals surface area contributed by atoms with Crippen LogP contribution in [0.5, 0.6) is 0 Å². The quantitative estimate of drug-likeness (QED) is 0.806. The van der Waals surface area contributed by atoms with Crippen LogP contribution < -0.4 is 0 Å². The smallest absolute Gasteiger partial charge is 0.140 e. The van der Waals surface area contributed by atoms with Gasteiger partial charge in [0.05, 0.1) is 0 Å². The molecule has 2 heterocycles. The van der Waals surface area contributed by atoms with Gasteiger partial charge in [-0.1, -0.05) is 20.3 Å². The van der Waals surface area contributed by atoms with Crippen molar-refractivity contribution in [1.82, 2.24) is 15.0 Å². The van der Waals surface area contributed by atoms with Gasteiger partial charge in [-0.15, -0.1) is 0 Å². The molecular formula is C11H15N3. The van der Waals surface area contributed by atoms with E-state index in [4.69, 9.17) is 0 Å². The van der Waals surface area contributed by atoms with Crippen LogP contribution in [0.3, 0.4) is 0 Å². The Labute approximate surface area is 83.6 Å². The van der Waals surface area contributed by atoms with Gasteiger partial charge in [0.15, 0.2) is 0 Å². The van der Waals surface area contributed by atoms with Crippen LogP contribution in [-0.2, 0) is 0 Å². The Morgan fingerprint density at radius 1 is 1.50 bits per heavy atom. The largest absolute Gasteiger partial charge is 0.346 e. The standard InChI is InChI=1S/C11H15N3/c1-3-4-8(2)9-6-13-11-10(9)5-12-7-14-11/h5-8H,3-4H2,1-2H3,(H,12,13,14). The lowest BCUT2D eigenvalue weighted by Crippen LogP contribution is -1.91. The van der Waals surface area contributed by atoms with Gasteiger partial charge >= 0.3 is 0 Å². The summed E-state index contributed by atoms with van der Waals surface area (Å²) in [6, 6.07) is 0. The highest BCUT2D eigenvalue weighted by Crippen LogP contribution is 2.26. The molecule has 0 aromatic carbocycles. The van der Waals surface area contributed by atoms with Gasteiger partial charge in [-0.2, -0.15) is 0 Å². The molecule has 0 aliphatic rings. The zero-order chi connectivity index (χ0) is 9.97. The first-order chi connectivity index (χ1) is 6.83. The number of aromatic amines is 1. The Morgan fingerprint density at radius 3 is 3.14 bits per heavy atom. The monoisotopic (exact) mass is 189 g/mol. The molecule has 14 heavy (non-hydrogen) atoms. The van der Waals surface area contributed by atoms with Gasteiger partial charge in [0, 0.05) is 17.8 Å². The zero-order valence-electron chi connectivity index (χ0n) is 8.62. The topological polar surface area (TPSA) is 41.6 Å². The molecule has 0 radical (unpaired) electrons. The average Bonchev–Trinajstić information content (AvgIpc) is 2.61. The van der Waals surface area contributed by atoms with E-state index >= 15 is 0 Å². The van der Waals surface area contributed by atoms with Crippen LogP contribution in [0, 0.1) is 0 Å². The number of aromatic nitrogens is 3. The van der Waals surface area contributed by atoms with Gasteiger partial charge in [-0.05, 0) is 17.9 Å². The molecule has 1 N–H and O–H groups in total. The van der Waals surface area contributed by atoms with Gasteiger partial charge < -0.3 is 4.98 Å². The summed E-state index contributed by atoms with van der Waals surface area (Å²) < 4.78 is 0. The predicted octanol–water partition coefficient (Wildman–Crippen LogP) is 2.86. The minimum atomic E-state index is 0.583. The van der Waals surface area contributed by atoms with E-state index in [0.29, 0.717) is 5.92 Å². The summed E-state index contributed by atoms with van der Waals surface area (Å²) in [5.74, 6) is 0.583. The highest BCUT2D eigenvalue weighted by atomic mass is 14.9. The van der Waals surface area contributed by atoms with Crippen molar-refractivity contribution in [3.8, 4) is 0 Å². The van der Waals surface area contributed by atoms with E-state index in [1.54, 1.807) is 6.33 Å². The maximum absolute atomic E-state index is 4.18. The molecule has 0 bridgehead atoms. The van der Waals surface area contributed by atoms with Crippen molar-refractivity contribution in [3.05, 3.63) is 24.3 Å². The Kier molecular flexibility index (Phi) is 2.48. The third kappa shape index (κ3) is 1.50. The van der Waals surface area contributed by atoms with Gasteiger partial charge in [0.25, 0.3) is 0 Å². The summed E-state index contributed by atoms with van der Waals surface area (Å²) >= 11 is 0. The molecule has 0 spiro atoms. The number of fused-ring (bicyclic) bond motifs is 1. The summed E-state index contributed by atoms with van der Waals surface area (Å²) in [6.07, 6.45) is 7.94. The number of H-pyrrole nitrogens is 1. The number of hydrogen-bond donors (Lipinski definition) is 1. The molecule has 0 aliphatic heterocycles. The van der Waals surface area contributed by atoms with Crippen molar-refractivity contribution in [2.75, 3.05) is 0 Å². The molecule has 1 atom stereocenters. The van der Waals surface area contributed by atoms with Gasteiger partial charge in [0.1, 0.15) is 12.0 Å². The number of nitrogens with zero attached hydrogens (tertiary/aromatic N) is 2. The van der Waals surface area contributed by atoms with Crippen molar-refractivity contribution in [3.63, 3.8) is 0 Å². The minimum Gasteiger partial charge on any atom is -0.346 e. The molecule has 0 saturated carbocycles. The second-order valence-corrected chi connectivity index (χ2v) is 3.72. The van der Waals surface area contributed by atoms with Gasteiger partial charge in [-0.3, -0.25) is 0 Å². The fourth-order valence-electron chi connectivity index (χ4n) is 1.88. The Morgan fingerprint density at radius 2 is 2.36 bits per heavy atom. The van der Waals surface area contributed by atoms with Crippen LogP contribution in [-0.4, -0.2) is 15.0 Å². The second-order valence-electron chi connectivity index (χ2n) is 3.72. The minimum absolute atomic E-state index is 0.583. The zero-order valence-corrected chi connectivity index (χ0v) is 8.62. The van der Waals surface area contributed by atoms with Crippen LogP contribution in [0.4, 0.5) is 0 Å². The molecule has 2 rings (SSSR count). The number of nitrogens with one attached hydrogen (secondary N) is 1. The average molecular weight is 189 g/mol. The van der Waals surface area contributed by atoms with E-state index in [0.717, 1.165) is 11.0 Å². The van der Waals surface area contributed by atoms with Crippen LogP contribution in [0.25, 0.3) is 11.0 Å². The molecule has 3 nitrogen and oxygen atoms in total. The first kappa shape index (κ1) is 9.19. The van der Waals surface area contributed by atoms with Crippen LogP contribution in [0.1, 0.15) is 38.2 Å². The van der Waals surface area contributed by atoms with Crippen molar-refractivity contribution in [2.45, 2.75) is 32.6 Å². The van der Waals surface area contributed by atoms with E-state index < -0.39 is 0 Å². The molecular weight excluding hydrogens is 174 g/mol. The normalized spacial score (nSPS) is 13.3. The van der Waals surface area contributed by atoms with Crippen molar-refractivity contribution >= 4 is 11.0 Å². The highest BCUT2D eigenvalue weighted by Gasteiger charge is 2.10. The van der Waals surface area contributed by atoms with E-state index in [-0.39, 0.29) is 0 Å². The van der Waals surface area contributed by atoms with Crippen molar-refractivity contribution < 1.29 is 0 Å². The van der Waals surface area contributed by atoms with Crippen LogP contribution in [0.2, 0.25) is 0 Å². The number of hydrogen-bond acceptors (Lipinski definition) is 2.